The zero-order valence-corrected chi connectivity index (χ0v) is 23.7. The fourth-order valence-electron chi connectivity index (χ4n) is 3.79. The van der Waals surface area contributed by atoms with Crippen LogP contribution in [0.2, 0.25) is 0 Å². The number of esters is 2. The van der Waals surface area contributed by atoms with Crippen LogP contribution in [0.4, 0.5) is 0 Å². The topological polar surface area (TPSA) is 76.1 Å². The molecule has 7 heteroatoms. The number of thiol groups is 1. The van der Waals surface area contributed by atoms with E-state index in [1.165, 1.54) is 0 Å². The zero-order valence-electron chi connectivity index (χ0n) is 22.8. The Kier molecular flexibility index (Phi) is 27.2. The van der Waals surface area contributed by atoms with Crippen molar-refractivity contribution < 1.29 is 24.2 Å². The van der Waals surface area contributed by atoms with Gasteiger partial charge in [-0.2, -0.15) is 12.6 Å². The highest BCUT2D eigenvalue weighted by atomic mass is 32.1. The number of hydrogen-bond donors (Lipinski definition) is 2. The molecule has 0 aromatic carbocycles. The van der Waals surface area contributed by atoms with E-state index >= 15 is 0 Å². The molecule has 0 radical (unpaired) electrons. The molecule has 0 bridgehead atoms. The molecule has 0 aromatic heterocycles. The van der Waals surface area contributed by atoms with E-state index in [-0.39, 0.29) is 18.5 Å². The largest absolute Gasteiger partial charge is 0.461 e. The third-order valence-electron chi connectivity index (χ3n) is 5.89. The normalized spacial score (nSPS) is 11.7. The maximum absolute atomic E-state index is 11.7. The Morgan fingerprint density at radius 1 is 0.694 bits per heavy atom. The lowest BCUT2D eigenvalue weighted by Crippen LogP contribution is -2.29. The maximum atomic E-state index is 11.7. The smallest absolute Gasteiger partial charge is 0.306 e. The molecule has 0 amide bonds. The minimum atomic E-state index is -0.116. The van der Waals surface area contributed by atoms with Crippen LogP contribution >= 0.6 is 12.6 Å². The van der Waals surface area contributed by atoms with Crippen molar-refractivity contribution in [2.75, 3.05) is 45.2 Å². The van der Waals surface area contributed by atoms with E-state index in [2.05, 4.69) is 30.5 Å². The first kappa shape index (κ1) is 34.7. The van der Waals surface area contributed by atoms with Crippen LogP contribution in [0, 0.1) is 0 Å². The number of aliphatic hydroxyl groups excluding tert-OH is 1. The Morgan fingerprint density at radius 3 is 1.64 bits per heavy atom. The average Bonchev–Trinajstić information content (AvgIpc) is 2.87. The number of carbonyl (C=O) groups is 2. The van der Waals surface area contributed by atoms with Crippen LogP contribution in [-0.4, -0.2) is 67.2 Å². The Labute approximate surface area is 226 Å². The molecule has 0 aliphatic rings. The van der Waals surface area contributed by atoms with Gasteiger partial charge in [-0.15, -0.1) is 0 Å². The van der Waals surface area contributed by atoms with Gasteiger partial charge < -0.3 is 19.5 Å². The van der Waals surface area contributed by atoms with Crippen molar-refractivity contribution in [2.24, 2.45) is 0 Å². The molecule has 0 spiro atoms. The van der Waals surface area contributed by atoms with Gasteiger partial charge in [0.1, 0.15) is 13.2 Å². The highest BCUT2D eigenvalue weighted by Crippen LogP contribution is 2.10. The molecule has 0 atom stereocenters. The van der Waals surface area contributed by atoms with Gasteiger partial charge in [0.25, 0.3) is 0 Å². The predicted octanol–water partition coefficient (Wildman–Crippen LogP) is 6.28. The molecule has 6 nitrogen and oxygen atoms in total. The number of carbonyl (C=O) groups excluding carboxylic acids is 2. The van der Waals surface area contributed by atoms with Gasteiger partial charge >= 0.3 is 11.9 Å². The number of unbranched alkanes of at least 4 members (excludes halogenated alkanes) is 9. The second kappa shape index (κ2) is 28.3. The summed E-state index contributed by atoms with van der Waals surface area (Å²) < 4.78 is 10.4. The maximum Gasteiger partial charge on any atom is 0.306 e. The highest BCUT2D eigenvalue weighted by molar-refractivity contribution is 7.80. The number of nitrogens with zero attached hydrogens (tertiary/aromatic N) is 1. The van der Waals surface area contributed by atoms with Gasteiger partial charge in [-0.25, -0.2) is 0 Å². The predicted molar refractivity (Wildman–Crippen MR) is 153 cm³/mol. The quantitative estimate of drug-likeness (QED) is 0.0597. The van der Waals surface area contributed by atoms with E-state index in [0.29, 0.717) is 26.1 Å². The van der Waals surface area contributed by atoms with Crippen LogP contribution in [0.1, 0.15) is 103 Å². The van der Waals surface area contributed by atoms with Gasteiger partial charge in [-0.3, -0.25) is 9.59 Å². The number of rotatable bonds is 26. The van der Waals surface area contributed by atoms with Gasteiger partial charge in [0.2, 0.25) is 0 Å². The molecule has 0 rings (SSSR count). The molecule has 0 aliphatic carbocycles. The second-order valence-electron chi connectivity index (χ2n) is 9.21. The van der Waals surface area contributed by atoms with Crippen molar-refractivity contribution in [3.63, 3.8) is 0 Å². The molecule has 0 saturated heterocycles. The van der Waals surface area contributed by atoms with Crippen molar-refractivity contribution in [3.8, 4) is 0 Å². The number of allylic oxidation sites excluding steroid dienone is 2. The van der Waals surface area contributed by atoms with E-state index in [0.717, 1.165) is 109 Å². The molecule has 0 fully saturated rings. The average molecular weight is 528 g/mol. The number of hydrogen-bond acceptors (Lipinski definition) is 7. The minimum Gasteiger partial charge on any atom is -0.461 e. The van der Waals surface area contributed by atoms with Gasteiger partial charge in [-0.05, 0) is 57.4 Å². The molecule has 0 aromatic rings. The Morgan fingerprint density at radius 2 is 1.17 bits per heavy atom. The third-order valence-corrected chi connectivity index (χ3v) is 6.15. The number of ether oxygens (including phenoxy) is 2. The summed E-state index contributed by atoms with van der Waals surface area (Å²) in [5.74, 6) is 0.591. The van der Waals surface area contributed by atoms with Crippen LogP contribution < -0.4 is 0 Å². The first-order chi connectivity index (χ1) is 17.6. The summed E-state index contributed by atoms with van der Waals surface area (Å²) in [4.78, 5) is 25.7. The fourth-order valence-corrected chi connectivity index (χ4v) is 3.94. The van der Waals surface area contributed by atoms with Gasteiger partial charge in [0, 0.05) is 19.4 Å². The first-order valence-corrected chi connectivity index (χ1v) is 14.8. The Balaban J connectivity index is 3.63. The zero-order chi connectivity index (χ0) is 26.5. The van der Waals surface area contributed by atoms with Crippen LogP contribution in [0.3, 0.4) is 0 Å². The second-order valence-corrected chi connectivity index (χ2v) is 9.66. The van der Waals surface area contributed by atoms with Crippen molar-refractivity contribution in [1.29, 1.82) is 0 Å². The van der Waals surface area contributed by atoms with Crippen molar-refractivity contribution in [1.82, 2.24) is 4.90 Å². The monoisotopic (exact) mass is 527 g/mol. The van der Waals surface area contributed by atoms with Gasteiger partial charge in [0.05, 0.1) is 6.61 Å². The van der Waals surface area contributed by atoms with Crippen molar-refractivity contribution >= 4 is 24.6 Å². The molecular formula is C29H53NO5S. The van der Waals surface area contributed by atoms with E-state index in [9.17, 15) is 14.7 Å². The van der Waals surface area contributed by atoms with Gasteiger partial charge in [0.15, 0.2) is 0 Å². The molecular weight excluding hydrogens is 474 g/mol. The van der Waals surface area contributed by atoms with Crippen molar-refractivity contribution in [3.05, 3.63) is 24.3 Å². The van der Waals surface area contributed by atoms with E-state index in [1.807, 2.05) is 18.2 Å². The molecule has 36 heavy (non-hydrogen) atoms. The summed E-state index contributed by atoms with van der Waals surface area (Å²) in [5.41, 5.74) is 0. The Hall–Kier alpha value is -1.31. The minimum absolute atomic E-state index is 0.0989. The lowest BCUT2D eigenvalue weighted by Gasteiger charge is -2.21. The molecule has 0 heterocycles. The summed E-state index contributed by atoms with van der Waals surface area (Å²) in [6.07, 6.45) is 22.6. The standard InChI is InChI=1S/C29H53NO5S/c1-2-3-4-16-25-34-28(32)19-12-7-5-9-14-21-30(23-24-31)22-15-10-6-8-13-20-29(33)35-26-17-11-18-27-36/h4,11,16-17,31,36H,2-3,5-10,12-15,18-27H2,1H3/b16-4-,17-11-. The lowest BCUT2D eigenvalue weighted by atomic mass is 10.1. The van der Waals surface area contributed by atoms with Crippen LogP contribution in [0.5, 0.6) is 0 Å². The van der Waals surface area contributed by atoms with E-state index in [4.69, 9.17) is 9.47 Å². The Bertz CT molecular complexity index is 522. The molecule has 0 aliphatic heterocycles. The van der Waals surface area contributed by atoms with E-state index < -0.39 is 0 Å². The summed E-state index contributed by atoms with van der Waals surface area (Å²) in [7, 11) is 0. The summed E-state index contributed by atoms with van der Waals surface area (Å²) in [5, 5.41) is 9.35. The van der Waals surface area contributed by atoms with Gasteiger partial charge in [-0.1, -0.05) is 76.2 Å². The number of aliphatic hydroxyl groups is 1. The van der Waals surface area contributed by atoms with Crippen molar-refractivity contribution in [2.45, 2.75) is 103 Å². The molecule has 0 saturated carbocycles. The molecule has 210 valence electrons. The highest BCUT2D eigenvalue weighted by Gasteiger charge is 2.06. The van der Waals surface area contributed by atoms with Crippen LogP contribution in [0.15, 0.2) is 24.3 Å². The summed E-state index contributed by atoms with van der Waals surface area (Å²) >= 11 is 4.13. The summed E-state index contributed by atoms with van der Waals surface area (Å²) in [6, 6.07) is 0. The first-order valence-electron chi connectivity index (χ1n) is 14.2. The van der Waals surface area contributed by atoms with Crippen LogP contribution in [-0.2, 0) is 19.1 Å². The fraction of sp³-hybridized carbons (Fsp3) is 0.793. The molecule has 0 unspecified atom stereocenters. The SMILES string of the molecule is CCC/C=C\COC(=O)CCCCCCCN(CCO)CCCCCCCC(=O)OC/C=C\CCS. The lowest BCUT2D eigenvalue weighted by molar-refractivity contribution is -0.143. The van der Waals surface area contributed by atoms with Crippen LogP contribution in [0.25, 0.3) is 0 Å². The van der Waals surface area contributed by atoms with E-state index in [1.54, 1.807) is 0 Å². The molecule has 1 N–H and O–H groups in total. The third kappa shape index (κ3) is 25.8. The summed E-state index contributed by atoms with van der Waals surface area (Å²) in [6.45, 7) is 5.83.